The normalized spacial score (nSPS) is 47.9. The number of halogens is 3. The highest BCUT2D eigenvalue weighted by Crippen LogP contribution is 2.66. The molecule has 128 valence electrons. The van der Waals surface area contributed by atoms with Crippen LogP contribution in [0.5, 0.6) is 0 Å². The monoisotopic (exact) mass is 336 g/mol. The number of hydrogen-bond donors (Lipinski definition) is 0. The van der Waals surface area contributed by atoms with E-state index in [0.717, 1.165) is 19.3 Å². The number of ether oxygens (including phenoxy) is 1. The van der Waals surface area contributed by atoms with Gasteiger partial charge in [-0.15, -0.1) is 0 Å². The van der Waals surface area contributed by atoms with Gasteiger partial charge in [-0.1, -0.05) is 27.2 Å². The quantitative estimate of drug-likeness (QED) is 0.582. The van der Waals surface area contributed by atoms with E-state index in [1.165, 1.54) is 12.8 Å². The van der Waals surface area contributed by atoms with Gasteiger partial charge in [0.05, 0.1) is 5.60 Å². The van der Waals surface area contributed by atoms with Crippen molar-refractivity contribution in [2.75, 3.05) is 0 Å². The number of alkyl halides is 3. The zero-order valence-electron chi connectivity index (χ0n) is 13.9. The van der Waals surface area contributed by atoms with Crippen molar-refractivity contribution in [2.24, 2.45) is 22.7 Å². The number of fused-ring (bicyclic) bond motifs is 3. The first-order valence-electron chi connectivity index (χ1n) is 8.39. The van der Waals surface area contributed by atoms with Crippen LogP contribution in [0, 0.1) is 22.7 Å². The van der Waals surface area contributed by atoms with Gasteiger partial charge in [-0.25, -0.2) is 0 Å². The van der Waals surface area contributed by atoms with E-state index in [1.807, 2.05) is 0 Å². The Bertz CT molecular complexity index is 450. The summed E-state index contributed by atoms with van der Waals surface area (Å²) in [5, 5.41) is 0. The Hall–Kier alpha value is 0.1000. The molecule has 1 aliphatic heterocycles. The average Bonchev–Trinajstić information content (AvgIpc) is 2.63. The maximum Gasteiger partial charge on any atom is 0.444 e. The van der Waals surface area contributed by atoms with Gasteiger partial charge in [0.2, 0.25) is 0 Å². The smallest absolute Gasteiger partial charge is 0.361 e. The second kappa shape index (κ2) is 5.05. The standard InChI is InChI=1S/C17H27F3OS/c1-14(2)7-5-8-15(3)11(14)6-9-16(4)12(15)10-13(21-16)22-17(18,19)20/h11-13H,5-10H2,1-4H3/t11-,12+,13?,15-,16+/m0/s1. The third-order valence-electron chi connectivity index (χ3n) is 6.83. The lowest BCUT2D eigenvalue weighted by Gasteiger charge is -2.60. The summed E-state index contributed by atoms with van der Waals surface area (Å²) < 4.78 is 44.2. The minimum absolute atomic E-state index is 0.0447. The first-order chi connectivity index (χ1) is 9.96. The molecule has 1 unspecified atom stereocenters. The maximum absolute atomic E-state index is 12.7. The minimum Gasteiger partial charge on any atom is -0.361 e. The molecule has 3 rings (SSSR count). The van der Waals surface area contributed by atoms with E-state index in [1.54, 1.807) is 0 Å². The van der Waals surface area contributed by atoms with Crippen LogP contribution in [0.4, 0.5) is 13.2 Å². The summed E-state index contributed by atoms with van der Waals surface area (Å²) in [5.74, 6) is 0.850. The van der Waals surface area contributed by atoms with Crippen LogP contribution in [0.25, 0.3) is 0 Å². The molecule has 22 heavy (non-hydrogen) atoms. The van der Waals surface area contributed by atoms with E-state index < -0.39 is 10.9 Å². The molecule has 0 bridgehead atoms. The van der Waals surface area contributed by atoms with E-state index in [9.17, 15) is 13.2 Å². The lowest BCUT2D eigenvalue weighted by atomic mass is 9.45. The van der Waals surface area contributed by atoms with E-state index >= 15 is 0 Å². The molecule has 1 heterocycles. The van der Waals surface area contributed by atoms with Crippen LogP contribution in [0.1, 0.15) is 66.2 Å². The lowest BCUT2D eigenvalue weighted by Crippen LogP contribution is -2.55. The molecule has 2 aliphatic carbocycles. The first-order valence-corrected chi connectivity index (χ1v) is 9.27. The van der Waals surface area contributed by atoms with Crippen molar-refractivity contribution in [2.45, 2.75) is 82.8 Å². The van der Waals surface area contributed by atoms with E-state index in [-0.39, 0.29) is 28.7 Å². The van der Waals surface area contributed by atoms with Crippen LogP contribution in [0.15, 0.2) is 0 Å². The molecule has 3 fully saturated rings. The second-order valence-electron chi connectivity index (χ2n) is 8.65. The molecule has 0 aromatic rings. The zero-order valence-corrected chi connectivity index (χ0v) is 14.7. The van der Waals surface area contributed by atoms with E-state index in [0.29, 0.717) is 17.8 Å². The summed E-state index contributed by atoms with van der Waals surface area (Å²) in [6.07, 6.45) is 6.08. The summed E-state index contributed by atoms with van der Waals surface area (Å²) in [6.45, 7) is 9.06. The van der Waals surface area contributed by atoms with Crippen LogP contribution in [0.2, 0.25) is 0 Å². The topological polar surface area (TPSA) is 9.23 Å². The lowest BCUT2D eigenvalue weighted by molar-refractivity contribution is -0.149. The molecule has 0 amide bonds. The number of thioether (sulfide) groups is 1. The Kier molecular flexibility index (Phi) is 3.89. The highest BCUT2D eigenvalue weighted by atomic mass is 32.2. The molecule has 0 N–H and O–H groups in total. The summed E-state index contributed by atoms with van der Waals surface area (Å²) in [5.41, 5.74) is -4.89. The first kappa shape index (κ1) is 16.9. The predicted octanol–water partition coefficient (Wildman–Crippen LogP) is 5.99. The molecule has 1 nitrogen and oxygen atoms in total. The maximum atomic E-state index is 12.7. The van der Waals surface area contributed by atoms with Crippen LogP contribution < -0.4 is 0 Å². The van der Waals surface area contributed by atoms with Crippen molar-refractivity contribution in [3.8, 4) is 0 Å². The van der Waals surface area contributed by atoms with E-state index in [2.05, 4.69) is 27.7 Å². The molecule has 5 heteroatoms. The van der Waals surface area contributed by atoms with Gasteiger partial charge in [-0.3, -0.25) is 0 Å². The van der Waals surface area contributed by atoms with Crippen LogP contribution in [-0.4, -0.2) is 16.5 Å². The average molecular weight is 336 g/mol. The Balaban J connectivity index is 1.86. The summed E-state index contributed by atoms with van der Waals surface area (Å²) in [7, 11) is 0. The SMILES string of the molecule is CC1(C)CCC[C@]2(C)[C@H]3CC(SC(F)(F)F)O[C@]3(C)CC[C@@H]12. The van der Waals surface area contributed by atoms with Crippen molar-refractivity contribution in [1.82, 2.24) is 0 Å². The molecule has 0 spiro atoms. The van der Waals surface area contributed by atoms with Gasteiger partial charge in [0, 0.05) is 0 Å². The molecule has 0 aromatic carbocycles. The van der Waals surface area contributed by atoms with Gasteiger partial charge in [-0.2, -0.15) is 13.2 Å². The van der Waals surface area contributed by atoms with Crippen molar-refractivity contribution in [3.63, 3.8) is 0 Å². The Morgan fingerprint density at radius 3 is 2.32 bits per heavy atom. The third kappa shape index (κ3) is 2.70. The van der Waals surface area contributed by atoms with Gasteiger partial charge in [-0.05, 0) is 73.5 Å². The van der Waals surface area contributed by atoms with Crippen molar-refractivity contribution in [1.29, 1.82) is 0 Å². The van der Waals surface area contributed by atoms with Gasteiger partial charge in [0.25, 0.3) is 0 Å². The molecule has 0 radical (unpaired) electrons. The van der Waals surface area contributed by atoms with Crippen molar-refractivity contribution >= 4 is 11.8 Å². The fourth-order valence-corrected chi connectivity index (χ4v) is 6.88. The largest absolute Gasteiger partial charge is 0.444 e. The molecule has 5 atom stereocenters. The third-order valence-corrected chi connectivity index (χ3v) is 7.65. The van der Waals surface area contributed by atoms with Crippen molar-refractivity contribution < 1.29 is 17.9 Å². The molecular weight excluding hydrogens is 309 g/mol. The summed E-state index contributed by atoms with van der Waals surface area (Å²) in [6, 6.07) is 0. The molecule has 0 aromatic heterocycles. The highest BCUT2D eigenvalue weighted by molar-refractivity contribution is 8.00. The van der Waals surface area contributed by atoms with Crippen LogP contribution >= 0.6 is 11.8 Å². The number of rotatable bonds is 1. The number of hydrogen-bond acceptors (Lipinski definition) is 2. The van der Waals surface area contributed by atoms with Crippen LogP contribution in [-0.2, 0) is 4.74 Å². The zero-order chi connectivity index (χ0) is 16.4. The van der Waals surface area contributed by atoms with Gasteiger partial charge in [0.15, 0.2) is 0 Å². The van der Waals surface area contributed by atoms with E-state index in [4.69, 9.17) is 4.74 Å². The van der Waals surface area contributed by atoms with Gasteiger partial charge >= 0.3 is 5.51 Å². The molecule has 2 saturated carbocycles. The fourth-order valence-electron chi connectivity index (χ4n) is 6.03. The van der Waals surface area contributed by atoms with Gasteiger partial charge < -0.3 is 4.74 Å². The summed E-state index contributed by atoms with van der Waals surface area (Å²) >= 11 is 0.0447. The minimum atomic E-state index is -4.21. The second-order valence-corrected chi connectivity index (χ2v) is 9.88. The molecule has 1 saturated heterocycles. The molecule has 3 aliphatic rings. The fraction of sp³-hybridized carbons (Fsp3) is 1.00. The Morgan fingerprint density at radius 2 is 1.68 bits per heavy atom. The van der Waals surface area contributed by atoms with Crippen molar-refractivity contribution in [3.05, 3.63) is 0 Å². The predicted molar refractivity (Wildman–Crippen MR) is 83.5 cm³/mol. The molecular formula is C17H27F3OS. The van der Waals surface area contributed by atoms with Gasteiger partial charge in [0.1, 0.15) is 5.44 Å². The summed E-state index contributed by atoms with van der Waals surface area (Å²) in [4.78, 5) is 0. The Morgan fingerprint density at radius 1 is 1.00 bits per heavy atom. The Labute approximate surface area is 135 Å². The van der Waals surface area contributed by atoms with Crippen LogP contribution in [0.3, 0.4) is 0 Å². The highest BCUT2D eigenvalue weighted by Gasteiger charge is 2.62.